The van der Waals surface area contributed by atoms with Crippen molar-refractivity contribution in [1.29, 1.82) is 0 Å². The SMILES string of the molecule is CCOC(=O)c1cccc(-c2ccccc2)n1. The molecule has 0 fully saturated rings. The molecule has 0 N–H and O–H groups in total. The summed E-state index contributed by atoms with van der Waals surface area (Å²) < 4.78 is 4.92. The van der Waals surface area contributed by atoms with Gasteiger partial charge in [0.15, 0.2) is 0 Å². The van der Waals surface area contributed by atoms with E-state index in [-0.39, 0.29) is 5.97 Å². The molecule has 0 atom stereocenters. The number of hydrogen-bond donors (Lipinski definition) is 0. The molecule has 2 rings (SSSR count). The fourth-order valence-electron chi connectivity index (χ4n) is 1.52. The molecule has 0 spiro atoms. The van der Waals surface area contributed by atoms with Gasteiger partial charge in [0.25, 0.3) is 0 Å². The highest BCUT2D eigenvalue weighted by Gasteiger charge is 2.08. The second-order valence-electron chi connectivity index (χ2n) is 3.49. The molecule has 0 aliphatic carbocycles. The van der Waals surface area contributed by atoms with Crippen molar-refractivity contribution in [3.05, 3.63) is 54.2 Å². The Morgan fingerprint density at radius 3 is 2.59 bits per heavy atom. The Balaban J connectivity index is 2.32. The van der Waals surface area contributed by atoms with E-state index in [9.17, 15) is 4.79 Å². The molecule has 86 valence electrons. The van der Waals surface area contributed by atoms with Crippen molar-refractivity contribution in [3.63, 3.8) is 0 Å². The summed E-state index contributed by atoms with van der Waals surface area (Å²) in [6.45, 7) is 2.13. The van der Waals surface area contributed by atoms with Crippen LogP contribution in [-0.4, -0.2) is 17.6 Å². The highest BCUT2D eigenvalue weighted by atomic mass is 16.5. The van der Waals surface area contributed by atoms with Crippen LogP contribution in [0, 0.1) is 0 Å². The van der Waals surface area contributed by atoms with Gasteiger partial charge in [-0.2, -0.15) is 0 Å². The van der Waals surface area contributed by atoms with Gasteiger partial charge < -0.3 is 4.74 Å². The summed E-state index contributed by atoms with van der Waals surface area (Å²) in [7, 11) is 0. The third-order valence-corrected chi connectivity index (χ3v) is 2.30. The fraction of sp³-hybridized carbons (Fsp3) is 0.143. The molecular formula is C14H13NO2. The molecule has 0 radical (unpaired) electrons. The van der Waals surface area contributed by atoms with Gasteiger partial charge in [0.2, 0.25) is 0 Å². The molecule has 0 unspecified atom stereocenters. The van der Waals surface area contributed by atoms with Gasteiger partial charge in [-0.3, -0.25) is 0 Å². The largest absolute Gasteiger partial charge is 0.461 e. The maximum absolute atomic E-state index is 11.5. The van der Waals surface area contributed by atoms with Crippen molar-refractivity contribution in [1.82, 2.24) is 4.98 Å². The molecule has 1 heterocycles. The zero-order chi connectivity index (χ0) is 12.1. The summed E-state index contributed by atoms with van der Waals surface area (Å²) in [6.07, 6.45) is 0. The van der Waals surface area contributed by atoms with Crippen molar-refractivity contribution < 1.29 is 9.53 Å². The first-order chi connectivity index (χ1) is 8.31. The molecule has 0 amide bonds. The Kier molecular flexibility index (Phi) is 3.50. The van der Waals surface area contributed by atoms with E-state index in [1.165, 1.54) is 0 Å². The summed E-state index contributed by atoms with van der Waals surface area (Å²) in [6, 6.07) is 15.1. The minimum absolute atomic E-state index is 0.341. The smallest absolute Gasteiger partial charge is 0.356 e. The van der Waals surface area contributed by atoms with Gasteiger partial charge in [-0.15, -0.1) is 0 Å². The topological polar surface area (TPSA) is 39.2 Å². The van der Waals surface area contributed by atoms with E-state index in [0.29, 0.717) is 12.3 Å². The number of ether oxygens (including phenoxy) is 1. The van der Waals surface area contributed by atoms with E-state index in [4.69, 9.17) is 4.74 Å². The van der Waals surface area contributed by atoms with Gasteiger partial charge in [0.05, 0.1) is 12.3 Å². The van der Waals surface area contributed by atoms with E-state index in [1.807, 2.05) is 42.5 Å². The fourth-order valence-corrected chi connectivity index (χ4v) is 1.52. The first kappa shape index (κ1) is 11.3. The molecular weight excluding hydrogens is 214 g/mol. The minimum Gasteiger partial charge on any atom is -0.461 e. The maximum atomic E-state index is 11.5. The van der Waals surface area contributed by atoms with Crippen molar-refractivity contribution in [2.45, 2.75) is 6.92 Å². The van der Waals surface area contributed by atoms with Crippen molar-refractivity contribution in [3.8, 4) is 11.3 Å². The van der Waals surface area contributed by atoms with Gasteiger partial charge >= 0.3 is 5.97 Å². The maximum Gasteiger partial charge on any atom is 0.356 e. The molecule has 0 saturated heterocycles. The van der Waals surface area contributed by atoms with Gasteiger partial charge in [-0.25, -0.2) is 9.78 Å². The van der Waals surface area contributed by atoms with Crippen molar-refractivity contribution in [2.75, 3.05) is 6.61 Å². The number of benzene rings is 1. The van der Waals surface area contributed by atoms with Crippen LogP contribution in [0.4, 0.5) is 0 Å². The highest BCUT2D eigenvalue weighted by molar-refractivity contribution is 5.87. The van der Waals surface area contributed by atoms with Crippen LogP contribution < -0.4 is 0 Å². The van der Waals surface area contributed by atoms with Gasteiger partial charge in [-0.1, -0.05) is 36.4 Å². The van der Waals surface area contributed by atoms with Gasteiger partial charge in [0, 0.05) is 5.56 Å². The number of hydrogen-bond acceptors (Lipinski definition) is 3. The Morgan fingerprint density at radius 1 is 1.12 bits per heavy atom. The van der Waals surface area contributed by atoms with Crippen LogP contribution in [-0.2, 0) is 4.74 Å². The molecule has 1 aromatic carbocycles. The molecule has 17 heavy (non-hydrogen) atoms. The number of aromatic nitrogens is 1. The number of nitrogens with zero attached hydrogens (tertiary/aromatic N) is 1. The predicted molar refractivity (Wildman–Crippen MR) is 65.6 cm³/mol. The Hall–Kier alpha value is -2.16. The minimum atomic E-state index is -0.384. The molecule has 0 aliphatic heterocycles. The third-order valence-electron chi connectivity index (χ3n) is 2.30. The summed E-state index contributed by atoms with van der Waals surface area (Å²) >= 11 is 0. The van der Waals surface area contributed by atoms with E-state index in [1.54, 1.807) is 13.0 Å². The Bertz CT molecular complexity index is 509. The second kappa shape index (κ2) is 5.25. The number of rotatable bonds is 3. The average Bonchev–Trinajstić information content (AvgIpc) is 2.40. The Labute approximate surface area is 100 Å². The predicted octanol–water partition coefficient (Wildman–Crippen LogP) is 2.93. The van der Waals surface area contributed by atoms with Crippen molar-refractivity contribution in [2.24, 2.45) is 0 Å². The van der Waals surface area contributed by atoms with E-state index in [0.717, 1.165) is 11.3 Å². The molecule has 3 heteroatoms. The molecule has 3 nitrogen and oxygen atoms in total. The molecule has 2 aromatic rings. The van der Waals surface area contributed by atoms with Crippen LogP contribution in [0.3, 0.4) is 0 Å². The first-order valence-electron chi connectivity index (χ1n) is 5.51. The van der Waals surface area contributed by atoms with Crippen LogP contribution in [0.15, 0.2) is 48.5 Å². The summed E-state index contributed by atoms with van der Waals surface area (Å²) in [5.41, 5.74) is 2.10. The standard InChI is InChI=1S/C14H13NO2/c1-2-17-14(16)13-10-6-9-12(15-13)11-7-4-3-5-8-11/h3-10H,2H2,1H3. The van der Waals surface area contributed by atoms with Crippen LogP contribution in [0.1, 0.15) is 17.4 Å². The lowest BCUT2D eigenvalue weighted by molar-refractivity contribution is 0.0519. The lowest BCUT2D eigenvalue weighted by atomic mass is 10.1. The summed E-state index contributed by atoms with van der Waals surface area (Å²) in [4.78, 5) is 15.8. The van der Waals surface area contributed by atoms with E-state index >= 15 is 0 Å². The van der Waals surface area contributed by atoms with Crippen LogP contribution in [0.25, 0.3) is 11.3 Å². The number of pyridine rings is 1. The lowest BCUT2D eigenvalue weighted by Crippen LogP contribution is -2.07. The summed E-state index contributed by atoms with van der Waals surface area (Å²) in [5, 5.41) is 0. The number of carbonyl (C=O) groups is 1. The molecule has 0 aliphatic rings. The number of carbonyl (C=O) groups excluding carboxylic acids is 1. The van der Waals surface area contributed by atoms with Crippen molar-refractivity contribution >= 4 is 5.97 Å². The highest BCUT2D eigenvalue weighted by Crippen LogP contribution is 2.16. The van der Waals surface area contributed by atoms with E-state index < -0.39 is 0 Å². The average molecular weight is 227 g/mol. The zero-order valence-corrected chi connectivity index (χ0v) is 9.59. The number of esters is 1. The molecule has 0 saturated carbocycles. The van der Waals surface area contributed by atoms with Gasteiger partial charge in [-0.05, 0) is 19.1 Å². The quantitative estimate of drug-likeness (QED) is 0.757. The first-order valence-corrected chi connectivity index (χ1v) is 5.51. The molecule has 0 bridgehead atoms. The Morgan fingerprint density at radius 2 is 1.88 bits per heavy atom. The zero-order valence-electron chi connectivity index (χ0n) is 9.59. The summed E-state index contributed by atoms with van der Waals surface area (Å²) in [5.74, 6) is -0.384. The normalized spacial score (nSPS) is 9.94. The second-order valence-corrected chi connectivity index (χ2v) is 3.49. The lowest BCUT2D eigenvalue weighted by Gasteiger charge is -2.04. The van der Waals surface area contributed by atoms with Crippen LogP contribution in [0.2, 0.25) is 0 Å². The molecule has 1 aromatic heterocycles. The van der Waals surface area contributed by atoms with Crippen LogP contribution >= 0.6 is 0 Å². The van der Waals surface area contributed by atoms with E-state index in [2.05, 4.69) is 4.98 Å². The van der Waals surface area contributed by atoms with Crippen LogP contribution in [0.5, 0.6) is 0 Å². The monoisotopic (exact) mass is 227 g/mol. The third kappa shape index (κ3) is 2.69. The van der Waals surface area contributed by atoms with Gasteiger partial charge in [0.1, 0.15) is 5.69 Å².